The summed E-state index contributed by atoms with van der Waals surface area (Å²) in [7, 11) is 0. The molecule has 2 aromatic carbocycles. The van der Waals surface area contributed by atoms with Crippen LogP contribution >= 0.6 is 0 Å². The first-order chi connectivity index (χ1) is 17.1. The summed E-state index contributed by atoms with van der Waals surface area (Å²) in [5.41, 5.74) is 2.85. The van der Waals surface area contributed by atoms with Crippen LogP contribution in [-0.4, -0.2) is 37.0 Å². The van der Waals surface area contributed by atoms with Gasteiger partial charge in [0.15, 0.2) is 6.61 Å². The zero-order valence-electron chi connectivity index (χ0n) is 20.7. The molecule has 3 rings (SSSR count). The summed E-state index contributed by atoms with van der Waals surface area (Å²) >= 11 is 0. The Balaban J connectivity index is 1.74. The molecule has 190 valence electrons. The van der Waals surface area contributed by atoms with Crippen LogP contribution in [0.25, 0.3) is 11.0 Å². The number of carbonyl (C=O) groups excluding carboxylic acids is 3. The topological polar surface area (TPSA) is 138 Å². The molecule has 0 saturated carbocycles. The molecule has 0 bridgehead atoms. The second-order valence-electron chi connectivity index (χ2n) is 8.97. The van der Waals surface area contributed by atoms with Crippen molar-refractivity contribution in [3.8, 4) is 5.75 Å². The number of benzene rings is 2. The summed E-state index contributed by atoms with van der Waals surface area (Å²) in [5, 5.41) is 16.4. The molecule has 2 N–H and O–H groups in total. The lowest BCUT2D eigenvalue weighted by Crippen LogP contribution is -2.53. The van der Waals surface area contributed by atoms with E-state index in [9.17, 15) is 24.3 Å². The Bertz CT molecular complexity index is 1330. The maximum absolute atomic E-state index is 12.7. The van der Waals surface area contributed by atoms with Gasteiger partial charge in [0.1, 0.15) is 11.3 Å². The van der Waals surface area contributed by atoms with Crippen molar-refractivity contribution >= 4 is 28.8 Å². The average Bonchev–Trinajstić information content (AvgIpc) is 2.82. The van der Waals surface area contributed by atoms with Gasteiger partial charge in [-0.15, -0.1) is 0 Å². The van der Waals surface area contributed by atoms with Crippen molar-refractivity contribution in [2.24, 2.45) is 5.92 Å². The molecule has 1 aromatic heterocycles. The van der Waals surface area contributed by atoms with Crippen LogP contribution in [0.3, 0.4) is 0 Å². The van der Waals surface area contributed by atoms with Crippen LogP contribution in [0.15, 0.2) is 51.7 Å². The molecule has 9 heteroatoms. The SMILES string of the molecule is Cc1cc(OCC(=O)NCC(=O)N[C@H](C(=O)[O-])C(C)C)c2c(C)c(Cc3ccccc3)c(=O)oc2c1. The zero-order chi connectivity index (χ0) is 26.4. The van der Waals surface area contributed by atoms with Gasteiger partial charge in [0.25, 0.3) is 5.91 Å². The molecule has 0 fully saturated rings. The molecule has 0 aliphatic heterocycles. The third-order valence-electron chi connectivity index (χ3n) is 5.75. The monoisotopic (exact) mass is 493 g/mol. The fourth-order valence-corrected chi connectivity index (χ4v) is 3.85. The fraction of sp³-hybridized carbons (Fsp3) is 0.333. The number of aliphatic carboxylic acids is 1. The zero-order valence-corrected chi connectivity index (χ0v) is 20.7. The lowest BCUT2D eigenvalue weighted by Gasteiger charge is -2.23. The molecule has 3 aromatic rings. The first kappa shape index (κ1) is 26.5. The lowest BCUT2D eigenvalue weighted by atomic mass is 9.98. The molecule has 36 heavy (non-hydrogen) atoms. The maximum atomic E-state index is 12.7. The van der Waals surface area contributed by atoms with Crippen molar-refractivity contribution in [2.45, 2.75) is 40.2 Å². The number of carboxylic acids is 1. The van der Waals surface area contributed by atoms with E-state index in [-0.39, 0.29) is 5.92 Å². The van der Waals surface area contributed by atoms with Gasteiger partial charge >= 0.3 is 5.63 Å². The van der Waals surface area contributed by atoms with Gasteiger partial charge in [-0.1, -0.05) is 44.2 Å². The summed E-state index contributed by atoms with van der Waals surface area (Å²) < 4.78 is 11.4. The van der Waals surface area contributed by atoms with E-state index >= 15 is 0 Å². The predicted octanol–water partition coefficient (Wildman–Crippen LogP) is 1.39. The smallest absolute Gasteiger partial charge is 0.340 e. The molecule has 0 radical (unpaired) electrons. The van der Waals surface area contributed by atoms with E-state index in [2.05, 4.69) is 10.6 Å². The standard InChI is InChI=1S/C27H30N2O7/c1-15(2)25(26(32)33)29-22(30)13-28-23(31)14-35-20-10-16(3)11-21-24(20)17(4)19(27(34)36-21)12-18-8-6-5-7-9-18/h5-11,15,25H,12-14H2,1-4H3,(H,28,31)(H,29,30)(H,32,33)/p-1/t25-/m0/s1. The van der Waals surface area contributed by atoms with E-state index in [1.165, 1.54) is 0 Å². The number of aryl methyl sites for hydroxylation is 2. The molecular weight excluding hydrogens is 464 g/mol. The third-order valence-corrected chi connectivity index (χ3v) is 5.75. The highest BCUT2D eigenvalue weighted by Crippen LogP contribution is 2.31. The van der Waals surface area contributed by atoms with Crippen molar-refractivity contribution < 1.29 is 28.6 Å². The number of hydrogen-bond acceptors (Lipinski definition) is 7. The predicted molar refractivity (Wildman–Crippen MR) is 131 cm³/mol. The minimum atomic E-state index is -1.40. The molecule has 0 saturated heterocycles. The molecule has 0 aliphatic rings. The van der Waals surface area contributed by atoms with Gasteiger partial charge in [0.05, 0.1) is 23.9 Å². The number of rotatable bonds is 10. The minimum Gasteiger partial charge on any atom is -0.548 e. The van der Waals surface area contributed by atoms with Gasteiger partial charge in [-0.2, -0.15) is 0 Å². The molecule has 0 spiro atoms. The van der Waals surface area contributed by atoms with Gasteiger partial charge in [0.2, 0.25) is 5.91 Å². The van der Waals surface area contributed by atoms with Crippen LogP contribution in [0.2, 0.25) is 0 Å². The number of ether oxygens (including phenoxy) is 1. The van der Waals surface area contributed by atoms with Gasteiger partial charge in [-0.25, -0.2) is 4.79 Å². The van der Waals surface area contributed by atoms with Crippen LogP contribution in [0.4, 0.5) is 0 Å². The van der Waals surface area contributed by atoms with E-state index in [0.29, 0.717) is 34.3 Å². The summed E-state index contributed by atoms with van der Waals surface area (Å²) in [4.78, 5) is 48.2. The first-order valence-electron chi connectivity index (χ1n) is 11.6. The Morgan fingerprint density at radius 3 is 2.39 bits per heavy atom. The van der Waals surface area contributed by atoms with E-state index in [1.54, 1.807) is 26.0 Å². The van der Waals surface area contributed by atoms with E-state index in [0.717, 1.165) is 11.1 Å². The Kier molecular flexibility index (Phi) is 8.47. The molecule has 9 nitrogen and oxygen atoms in total. The van der Waals surface area contributed by atoms with Crippen LogP contribution in [-0.2, 0) is 20.8 Å². The molecule has 0 aliphatic carbocycles. The number of carboxylic acid groups (broad SMARTS) is 1. The van der Waals surface area contributed by atoms with E-state index in [1.807, 2.05) is 44.2 Å². The molecule has 1 heterocycles. The number of hydrogen-bond donors (Lipinski definition) is 2. The minimum absolute atomic E-state index is 0.353. The van der Waals surface area contributed by atoms with Gasteiger partial charge in [-0.3, -0.25) is 9.59 Å². The highest BCUT2D eigenvalue weighted by molar-refractivity contribution is 5.90. The van der Waals surface area contributed by atoms with Crippen LogP contribution in [0.5, 0.6) is 5.75 Å². The van der Waals surface area contributed by atoms with E-state index < -0.39 is 42.6 Å². The van der Waals surface area contributed by atoms with Gasteiger partial charge < -0.3 is 29.7 Å². The average molecular weight is 494 g/mol. The Morgan fingerprint density at radius 2 is 1.75 bits per heavy atom. The van der Waals surface area contributed by atoms with E-state index in [4.69, 9.17) is 9.15 Å². The Morgan fingerprint density at radius 1 is 1.06 bits per heavy atom. The van der Waals surface area contributed by atoms with Gasteiger partial charge in [-0.05, 0) is 48.6 Å². The normalized spacial score (nSPS) is 11.8. The van der Waals surface area contributed by atoms with Crippen molar-refractivity contribution in [1.82, 2.24) is 10.6 Å². The summed E-state index contributed by atoms with van der Waals surface area (Å²) in [6.45, 7) is 6.08. The molecule has 1 atom stereocenters. The highest BCUT2D eigenvalue weighted by Gasteiger charge is 2.19. The molecule has 2 amide bonds. The van der Waals surface area contributed by atoms with Crippen molar-refractivity contribution in [3.63, 3.8) is 0 Å². The van der Waals surface area contributed by atoms with Crippen LogP contribution in [0.1, 0.15) is 36.1 Å². The second kappa shape index (κ2) is 11.5. The maximum Gasteiger partial charge on any atom is 0.340 e. The van der Waals surface area contributed by atoms with Crippen molar-refractivity contribution in [2.75, 3.05) is 13.2 Å². The van der Waals surface area contributed by atoms with Crippen LogP contribution in [0, 0.1) is 19.8 Å². The van der Waals surface area contributed by atoms with Crippen molar-refractivity contribution in [3.05, 3.63) is 75.1 Å². The Hall–Kier alpha value is -4.14. The number of amides is 2. The van der Waals surface area contributed by atoms with Crippen LogP contribution < -0.4 is 26.1 Å². The summed E-state index contributed by atoms with van der Waals surface area (Å²) in [5.74, 6) is -2.63. The quantitative estimate of drug-likeness (QED) is 0.407. The number of nitrogens with one attached hydrogen (secondary N) is 2. The highest BCUT2D eigenvalue weighted by atomic mass is 16.5. The third kappa shape index (κ3) is 6.50. The number of carbonyl (C=O) groups is 3. The fourth-order valence-electron chi connectivity index (χ4n) is 3.85. The molecule has 0 unspecified atom stereocenters. The van der Waals surface area contributed by atoms with Gasteiger partial charge in [0, 0.05) is 12.0 Å². The Labute approximate surface area is 208 Å². The largest absolute Gasteiger partial charge is 0.548 e. The summed E-state index contributed by atoms with van der Waals surface area (Å²) in [6, 6.07) is 11.8. The first-order valence-corrected chi connectivity index (χ1v) is 11.6. The molecular formula is C27H29N2O7-. The second-order valence-corrected chi connectivity index (χ2v) is 8.97. The summed E-state index contributed by atoms with van der Waals surface area (Å²) in [6.07, 6.45) is 0.386. The lowest BCUT2D eigenvalue weighted by molar-refractivity contribution is -0.309. The van der Waals surface area contributed by atoms with Crippen molar-refractivity contribution in [1.29, 1.82) is 0 Å². The number of fused-ring (bicyclic) bond motifs is 1.